The van der Waals surface area contributed by atoms with E-state index in [2.05, 4.69) is 0 Å². The maximum atomic E-state index is 13.4. The molecule has 0 spiro atoms. The van der Waals surface area contributed by atoms with Crippen molar-refractivity contribution >= 4 is 38.3 Å². The molecule has 0 radical (unpaired) electrons. The maximum absolute atomic E-state index is 13.4. The van der Waals surface area contributed by atoms with Crippen LogP contribution in [0.3, 0.4) is 0 Å². The van der Waals surface area contributed by atoms with Gasteiger partial charge in [0.25, 0.3) is 10.0 Å². The van der Waals surface area contributed by atoms with Crippen molar-refractivity contribution in [3.63, 3.8) is 0 Å². The molecule has 0 fully saturated rings. The smallest absolute Gasteiger partial charge is 0.308 e. The molecule has 0 bridgehead atoms. The minimum absolute atomic E-state index is 0.0196. The molecule has 3 aromatic rings. The van der Waals surface area contributed by atoms with Gasteiger partial charge in [0.05, 0.1) is 4.90 Å². The van der Waals surface area contributed by atoms with Crippen molar-refractivity contribution in [1.29, 1.82) is 0 Å². The average molecular weight is 407 g/mol. The average Bonchev–Trinajstić information content (AvgIpc) is 2.71. The molecule has 0 aromatic heterocycles. The number of rotatable bonds is 3. The predicted molar refractivity (Wildman–Crippen MR) is 108 cm³/mol. The lowest BCUT2D eigenvalue weighted by atomic mass is 10.0. The number of benzene rings is 3. The molecule has 29 heavy (non-hydrogen) atoms. The number of hydrogen-bond donors (Lipinski definition) is 0. The van der Waals surface area contributed by atoms with Crippen molar-refractivity contribution in [3.8, 4) is 0 Å². The first kappa shape index (κ1) is 18.9. The standard InChI is InChI=1S/C22H17NO5S/c1-14(24)28-22-18-9-5-6-10-19(18)29(26,27)23(2)20(22)21(25)17-12-11-15-7-3-4-8-16(15)13-17/h3-13H,1-2H3. The van der Waals surface area contributed by atoms with Gasteiger partial charge in [0, 0.05) is 25.1 Å². The van der Waals surface area contributed by atoms with E-state index in [0.717, 1.165) is 15.1 Å². The van der Waals surface area contributed by atoms with E-state index in [9.17, 15) is 18.0 Å². The Bertz CT molecular complexity index is 1310. The largest absolute Gasteiger partial charge is 0.424 e. The van der Waals surface area contributed by atoms with Crippen molar-refractivity contribution in [2.45, 2.75) is 11.8 Å². The second kappa shape index (κ2) is 6.86. The van der Waals surface area contributed by atoms with Crippen molar-refractivity contribution < 1.29 is 22.7 Å². The van der Waals surface area contributed by atoms with Gasteiger partial charge in [0.2, 0.25) is 5.78 Å². The van der Waals surface area contributed by atoms with Crippen molar-refractivity contribution in [2.24, 2.45) is 0 Å². The van der Waals surface area contributed by atoms with E-state index >= 15 is 0 Å². The van der Waals surface area contributed by atoms with E-state index < -0.39 is 21.8 Å². The summed E-state index contributed by atoms with van der Waals surface area (Å²) in [5, 5.41) is 1.79. The quantitative estimate of drug-likeness (QED) is 0.490. The van der Waals surface area contributed by atoms with Crippen LogP contribution >= 0.6 is 0 Å². The first-order valence-corrected chi connectivity index (χ1v) is 10.3. The molecular formula is C22H17NO5S. The molecule has 146 valence electrons. The van der Waals surface area contributed by atoms with Crippen LogP contribution in [0, 0.1) is 0 Å². The number of esters is 1. The number of carbonyl (C=O) groups excluding carboxylic acids is 2. The Kier molecular flexibility index (Phi) is 4.47. The molecule has 0 amide bonds. The molecule has 4 rings (SSSR count). The van der Waals surface area contributed by atoms with Gasteiger partial charge < -0.3 is 4.74 Å². The molecule has 0 saturated heterocycles. The third-order valence-electron chi connectivity index (χ3n) is 4.77. The lowest BCUT2D eigenvalue weighted by molar-refractivity contribution is -0.134. The Hall–Kier alpha value is -3.45. The fourth-order valence-corrected chi connectivity index (χ4v) is 4.77. The van der Waals surface area contributed by atoms with Gasteiger partial charge >= 0.3 is 5.97 Å². The highest BCUT2D eigenvalue weighted by molar-refractivity contribution is 7.89. The van der Waals surface area contributed by atoms with Crippen LogP contribution in [-0.4, -0.2) is 31.5 Å². The Morgan fingerprint density at radius 2 is 1.55 bits per heavy atom. The zero-order chi connectivity index (χ0) is 20.8. The van der Waals surface area contributed by atoms with Crippen LogP contribution in [0.5, 0.6) is 0 Å². The van der Waals surface area contributed by atoms with Gasteiger partial charge in [-0.3, -0.25) is 13.9 Å². The normalized spacial score (nSPS) is 15.2. The number of sulfonamides is 1. The molecule has 3 aromatic carbocycles. The van der Waals surface area contributed by atoms with Crippen molar-refractivity contribution in [1.82, 2.24) is 4.31 Å². The first-order chi connectivity index (χ1) is 13.8. The summed E-state index contributed by atoms with van der Waals surface area (Å²) in [6.45, 7) is 1.21. The van der Waals surface area contributed by atoms with Crippen LogP contribution < -0.4 is 0 Å². The van der Waals surface area contributed by atoms with Crippen LogP contribution in [0.25, 0.3) is 16.5 Å². The molecule has 0 saturated carbocycles. The zero-order valence-electron chi connectivity index (χ0n) is 15.7. The number of carbonyl (C=O) groups is 2. The molecule has 7 heteroatoms. The third kappa shape index (κ3) is 3.09. The molecular weight excluding hydrogens is 390 g/mol. The van der Waals surface area contributed by atoms with Gasteiger partial charge in [0.15, 0.2) is 5.76 Å². The van der Waals surface area contributed by atoms with Crippen molar-refractivity contribution in [3.05, 3.63) is 83.6 Å². The summed E-state index contributed by atoms with van der Waals surface area (Å²) < 4.78 is 32.2. The van der Waals surface area contributed by atoms with Gasteiger partial charge in [-0.1, -0.05) is 48.5 Å². The molecule has 6 nitrogen and oxygen atoms in total. The second-order valence-corrected chi connectivity index (χ2v) is 8.57. The zero-order valence-corrected chi connectivity index (χ0v) is 16.6. The van der Waals surface area contributed by atoms with Crippen LogP contribution in [0.2, 0.25) is 0 Å². The monoisotopic (exact) mass is 407 g/mol. The highest BCUT2D eigenvalue weighted by Crippen LogP contribution is 2.38. The Morgan fingerprint density at radius 1 is 0.897 bits per heavy atom. The van der Waals surface area contributed by atoms with Crippen LogP contribution in [0.4, 0.5) is 0 Å². The molecule has 1 heterocycles. The minimum Gasteiger partial charge on any atom is -0.424 e. The third-order valence-corrected chi connectivity index (χ3v) is 6.59. The summed E-state index contributed by atoms with van der Waals surface area (Å²) in [4.78, 5) is 25.1. The number of allylic oxidation sites excluding steroid dienone is 1. The number of ketones is 1. The van der Waals surface area contributed by atoms with Crippen LogP contribution in [0.15, 0.2) is 77.3 Å². The Balaban J connectivity index is 1.97. The molecule has 0 aliphatic carbocycles. The van der Waals surface area contributed by atoms with Crippen LogP contribution in [0.1, 0.15) is 22.8 Å². The van der Waals surface area contributed by atoms with Crippen LogP contribution in [-0.2, 0) is 19.6 Å². The minimum atomic E-state index is -3.97. The summed E-state index contributed by atoms with van der Waals surface area (Å²) in [6, 6.07) is 18.8. The lowest BCUT2D eigenvalue weighted by Crippen LogP contribution is -2.35. The Labute approximate surface area is 168 Å². The van der Waals surface area contributed by atoms with Gasteiger partial charge in [0.1, 0.15) is 5.70 Å². The summed E-state index contributed by atoms with van der Waals surface area (Å²) in [5.74, 6) is -1.26. The van der Waals surface area contributed by atoms with E-state index in [1.54, 1.807) is 30.3 Å². The van der Waals surface area contributed by atoms with Gasteiger partial charge in [-0.2, -0.15) is 0 Å². The molecule has 1 aliphatic rings. The second-order valence-electron chi connectivity index (χ2n) is 6.63. The fourth-order valence-electron chi connectivity index (χ4n) is 3.38. The van der Waals surface area contributed by atoms with E-state index in [0.29, 0.717) is 5.56 Å². The van der Waals surface area contributed by atoms with E-state index in [1.807, 2.05) is 24.3 Å². The highest BCUT2D eigenvalue weighted by atomic mass is 32.2. The lowest BCUT2D eigenvalue weighted by Gasteiger charge is -2.30. The maximum Gasteiger partial charge on any atom is 0.308 e. The molecule has 0 atom stereocenters. The summed E-state index contributed by atoms with van der Waals surface area (Å²) in [5.41, 5.74) is 0.281. The van der Waals surface area contributed by atoms with E-state index in [4.69, 9.17) is 4.74 Å². The Morgan fingerprint density at radius 3 is 2.28 bits per heavy atom. The molecule has 0 unspecified atom stereocenters. The van der Waals surface area contributed by atoms with E-state index in [1.165, 1.54) is 26.1 Å². The predicted octanol–water partition coefficient (Wildman–Crippen LogP) is 3.59. The van der Waals surface area contributed by atoms with Gasteiger partial charge in [-0.15, -0.1) is 0 Å². The summed E-state index contributed by atoms with van der Waals surface area (Å²) >= 11 is 0. The topological polar surface area (TPSA) is 80.8 Å². The van der Waals surface area contributed by atoms with Crippen molar-refractivity contribution in [2.75, 3.05) is 7.05 Å². The van der Waals surface area contributed by atoms with Gasteiger partial charge in [-0.25, -0.2) is 8.42 Å². The summed E-state index contributed by atoms with van der Waals surface area (Å²) in [7, 11) is -2.69. The number of fused-ring (bicyclic) bond motifs is 2. The number of nitrogens with zero attached hydrogens (tertiary/aromatic N) is 1. The number of ether oxygens (including phenoxy) is 1. The molecule has 1 aliphatic heterocycles. The number of hydrogen-bond acceptors (Lipinski definition) is 5. The SMILES string of the molecule is CC(=O)OC1=C(C(=O)c2ccc3ccccc3c2)N(C)S(=O)(=O)c2ccccc21. The summed E-state index contributed by atoms with van der Waals surface area (Å²) in [6.07, 6.45) is 0. The fraction of sp³-hybridized carbons (Fsp3) is 0.0909. The van der Waals surface area contributed by atoms with Gasteiger partial charge in [-0.05, 0) is 29.0 Å². The number of likely N-dealkylation sites (N-methyl/N-ethyl adjacent to an activating group) is 1. The first-order valence-electron chi connectivity index (χ1n) is 8.85. The highest BCUT2D eigenvalue weighted by Gasteiger charge is 2.39. The van der Waals surface area contributed by atoms with E-state index in [-0.39, 0.29) is 21.9 Å². The number of Topliss-reactive ketones (excluding diaryl/α,β-unsaturated/α-hetero) is 1. The molecule has 0 N–H and O–H groups in total.